The highest BCUT2D eigenvalue weighted by atomic mass is 19.1. The van der Waals surface area contributed by atoms with Crippen LogP contribution in [0.15, 0.2) is 65.2 Å². The summed E-state index contributed by atoms with van der Waals surface area (Å²) in [5, 5.41) is 6.98. The molecule has 1 aliphatic heterocycles. The second kappa shape index (κ2) is 8.37. The van der Waals surface area contributed by atoms with Crippen molar-refractivity contribution in [1.82, 2.24) is 20.1 Å². The number of H-pyrrole nitrogens is 1. The first kappa shape index (κ1) is 20.1. The van der Waals surface area contributed by atoms with Crippen LogP contribution in [0.5, 0.6) is 0 Å². The molecule has 2 aromatic heterocycles. The Bertz CT molecular complexity index is 1250. The van der Waals surface area contributed by atoms with Crippen LogP contribution >= 0.6 is 0 Å². The molecule has 3 heterocycles. The zero-order chi connectivity index (χ0) is 22.1. The summed E-state index contributed by atoms with van der Waals surface area (Å²) in [5.41, 5.74) is 2.15. The molecule has 0 saturated carbocycles. The molecule has 162 valence electrons. The zero-order valence-corrected chi connectivity index (χ0v) is 17.1. The second-order valence-electron chi connectivity index (χ2n) is 7.76. The van der Waals surface area contributed by atoms with E-state index in [0.29, 0.717) is 47.1 Å². The molecule has 1 saturated heterocycles. The fourth-order valence-corrected chi connectivity index (χ4v) is 4.01. The van der Waals surface area contributed by atoms with E-state index < -0.39 is 0 Å². The minimum Gasteiger partial charge on any atom is -0.443 e. The number of aromatic amines is 1. The lowest BCUT2D eigenvalue weighted by molar-refractivity contribution is 0.0708. The Balaban J connectivity index is 1.33. The molecule has 0 bridgehead atoms. The van der Waals surface area contributed by atoms with Gasteiger partial charge in [-0.05, 0) is 54.8 Å². The summed E-state index contributed by atoms with van der Waals surface area (Å²) in [6.07, 6.45) is 3.43. The SMILES string of the molecule is O=C(c1cc(-c2ccc(F)cc2)n[nH]1)N1CCCC1c1ncc(Cc2ccccc2F)o1. The third-order valence-electron chi connectivity index (χ3n) is 5.64. The molecule has 5 rings (SSSR count). The summed E-state index contributed by atoms with van der Waals surface area (Å²) in [7, 11) is 0. The maximum atomic E-state index is 13.9. The maximum absolute atomic E-state index is 13.9. The molecule has 1 atom stereocenters. The monoisotopic (exact) mass is 434 g/mol. The minimum atomic E-state index is -0.333. The number of halogens is 2. The lowest BCUT2D eigenvalue weighted by Crippen LogP contribution is -2.31. The van der Waals surface area contributed by atoms with Crippen molar-refractivity contribution in [3.05, 3.63) is 95.3 Å². The third kappa shape index (κ3) is 3.91. The van der Waals surface area contributed by atoms with Gasteiger partial charge in [0.1, 0.15) is 29.1 Å². The van der Waals surface area contributed by atoms with Crippen LogP contribution in [0.25, 0.3) is 11.3 Å². The predicted octanol–water partition coefficient (Wildman–Crippen LogP) is 4.91. The molecule has 4 aromatic rings. The Morgan fingerprint density at radius 2 is 1.97 bits per heavy atom. The molecule has 1 aliphatic rings. The average Bonchev–Trinajstić information content (AvgIpc) is 3.56. The minimum absolute atomic E-state index is 0.206. The highest BCUT2D eigenvalue weighted by Crippen LogP contribution is 2.33. The number of likely N-dealkylation sites (tertiary alicyclic amines) is 1. The molecule has 6 nitrogen and oxygen atoms in total. The van der Waals surface area contributed by atoms with E-state index in [-0.39, 0.29) is 23.6 Å². The van der Waals surface area contributed by atoms with Gasteiger partial charge in [0.2, 0.25) is 5.89 Å². The number of benzene rings is 2. The van der Waals surface area contributed by atoms with Crippen molar-refractivity contribution in [1.29, 1.82) is 0 Å². The van der Waals surface area contributed by atoms with Gasteiger partial charge in [0, 0.05) is 18.5 Å². The molecule has 0 spiro atoms. The Kier molecular flexibility index (Phi) is 5.26. The van der Waals surface area contributed by atoms with Gasteiger partial charge in [-0.15, -0.1) is 0 Å². The third-order valence-corrected chi connectivity index (χ3v) is 5.64. The number of nitrogens with one attached hydrogen (secondary N) is 1. The Morgan fingerprint density at radius 1 is 1.16 bits per heavy atom. The van der Waals surface area contributed by atoms with E-state index in [1.54, 1.807) is 47.5 Å². The topological polar surface area (TPSA) is 75.0 Å². The first-order valence-electron chi connectivity index (χ1n) is 10.4. The summed E-state index contributed by atoms with van der Waals surface area (Å²) in [4.78, 5) is 19.2. The molecule has 1 amide bonds. The van der Waals surface area contributed by atoms with Crippen molar-refractivity contribution in [2.24, 2.45) is 0 Å². The Morgan fingerprint density at radius 3 is 2.78 bits per heavy atom. The van der Waals surface area contributed by atoms with Gasteiger partial charge in [-0.25, -0.2) is 13.8 Å². The molecular weight excluding hydrogens is 414 g/mol. The number of hydrogen-bond acceptors (Lipinski definition) is 4. The van der Waals surface area contributed by atoms with Gasteiger partial charge in [0.15, 0.2) is 0 Å². The molecule has 2 aromatic carbocycles. The summed E-state index contributed by atoms with van der Waals surface area (Å²) in [6, 6.07) is 13.8. The van der Waals surface area contributed by atoms with Crippen molar-refractivity contribution < 1.29 is 18.0 Å². The molecule has 1 N–H and O–H groups in total. The molecule has 1 fully saturated rings. The van der Waals surface area contributed by atoms with E-state index in [1.165, 1.54) is 18.2 Å². The van der Waals surface area contributed by atoms with Crippen LogP contribution in [0.4, 0.5) is 8.78 Å². The number of hydrogen-bond donors (Lipinski definition) is 1. The largest absolute Gasteiger partial charge is 0.443 e. The molecule has 32 heavy (non-hydrogen) atoms. The van der Waals surface area contributed by atoms with Crippen molar-refractivity contribution in [2.45, 2.75) is 25.3 Å². The van der Waals surface area contributed by atoms with Crippen molar-refractivity contribution in [2.75, 3.05) is 6.54 Å². The van der Waals surface area contributed by atoms with E-state index in [9.17, 15) is 13.6 Å². The van der Waals surface area contributed by atoms with Crippen LogP contribution < -0.4 is 0 Å². The van der Waals surface area contributed by atoms with E-state index in [1.807, 2.05) is 0 Å². The van der Waals surface area contributed by atoms with Gasteiger partial charge >= 0.3 is 0 Å². The Hall–Kier alpha value is -3.81. The van der Waals surface area contributed by atoms with Crippen LogP contribution in [0.2, 0.25) is 0 Å². The smallest absolute Gasteiger partial charge is 0.272 e. The van der Waals surface area contributed by atoms with Crippen molar-refractivity contribution >= 4 is 5.91 Å². The van der Waals surface area contributed by atoms with Gasteiger partial charge in [-0.1, -0.05) is 18.2 Å². The number of oxazole rings is 1. The first-order chi connectivity index (χ1) is 15.6. The maximum Gasteiger partial charge on any atom is 0.272 e. The van der Waals surface area contributed by atoms with Crippen LogP contribution in [0.3, 0.4) is 0 Å². The van der Waals surface area contributed by atoms with E-state index in [4.69, 9.17) is 4.42 Å². The van der Waals surface area contributed by atoms with Gasteiger partial charge in [0.25, 0.3) is 5.91 Å². The molecule has 0 radical (unpaired) electrons. The first-order valence-corrected chi connectivity index (χ1v) is 10.4. The van der Waals surface area contributed by atoms with E-state index in [2.05, 4.69) is 15.2 Å². The van der Waals surface area contributed by atoms with Gasteiger partial charge in [-0.2, -0.15) is 5.10 Å². The van der Waals surface area contributed by atoms with E-state index in [0.717, 1.165) is 12.8 Å². The number of rotatable bonds is 5. The fraction of sp³-hybridized carbons (Fsp3) is 0.208. The van der Waals surface area contributed by atoms with E-state index >= 15 is 0 Å². The number of carbonyl (C=O) groups excluding carboxylic acids is 1. The van der Waals surface area contributed by atoms with Crippen LogP contribution in [0, 0.1) is 11.6 Å². The van der Waals surface area contributed by atoms with Crippen molar-refractivity contribution in [3.63, 3.8) is 0 Å². The van der Waals surface area contributed by atoms with Crippen LogP contribution in [-0.4, -0.2) is 32.5 Å². The number of amides is 1. The quantitative estimate of drug-likeness (QED) is 0.484. The van der Waals surface area contributed by atoms with Gasteiger partial charge < -0.3 is 9.32 Å². The summed E-state index contributed by atoms with van der Waals surface area (Å²) < 4.78 is 33.0. The normalized spacial score (nSPS) is 15.9. The molecule has 8 heteroatoms. The predicted molar refractivity (Wildman–Crippen MR) is 113 cm³/mol. The highest BCUT2D eigenvalue weighted by molar-refractivity contribution is 5.93. The fourth-order valence-electron chi connectivity index (χ4n) is 4.01. The second-order valence-corrected chi connectivity index (χ2v) is 7.76. The Labute approximate surface area is 182 Å². The highest BCUT2D eigenvalue weighted by Gasteiger charge is 2.34. The average molecular weight is 434 g/mol. The summed E-state index contributed by atoms with van der Waals surface area (Å²) in [6.45, 7) is 0.569. The molecule has 1 unspecified atom stereocenters. The van der Waals surface area contributed by atoms with Crippen LogP contribution in [0.1, 0.15) is 46.6 Å². The zero-order valence-electron chi connectivity index (χ0n) is 17.1. The number of nitrogens with zero attached hydrogens (tertiary/aromatic N) is 3. The number of aromatic nitrogens is 3. The standard InChI is InChI=1S/C24H20F2N4O2/c25-17-9-7-15(8-10-17)20-13-21(29-28-20)24(31)30-11-3-6-22(30)23-27-14-18(32-23)12-16-4-1-2-5-19(16)26/h1-2,4-5,7-10,13-14,22H,3,6,11-12H2,(H,28,29). The molecular formula is C24H20F2N4O2. The van der Waals surface area contributed by atoms with Crippen LogP contribution in [-0.2, 0) is 6.42 Å². The van der Waals surface area contributed by atoms with Gasteiger partial charge in [-0.3, -0.25) is 9.89 Å². The lowest BCUT2D eigenvalue weighted by atomic mass is 10.1. The van der Waals surface area contributed by atoms with Crippen molar-refractivity contribution in [3.8, 4) is 11.3 Å². The lowest BCUT2D eigenvalue weighted by Gasteiger charge is -2.21. The summed E-state index contributed by atoms with van der Waals surface area (Å²) in [5.74, 6) is 0.160. The summed E-state index contributed by atoms with van der Waals surface area (Å²) >= 11 is 0. The van der Waals surface area contributed by atoms with Gasteiger partial charge in [0.05, 0.1) is 11.9 Å². The molecule has 0 aliphatic carbocycles. The number of carbonyl (C=O) groups is 1.